The van der Waals surface area contributed by atoms with Crippen LogP contribution in [0.25, 0.3) is 0 Å². The van der Waals surface area contributed by atoms with E-state index >= 15 is 0 Å². The predicted molar refractivity (Wildman–Crippen MR) is 111 cm³/mol. The number of carbonyl (C=O) groups is 2. The van der Waals surface area contributed by atoms with Crippen molar-refractivity contribution >= 4 is 20.4 Å². The van der Waals surface area contributed by atoms with Crippen molar-refractivity contribution in [2.75, 3.05) is 13.2 Å². The first-order valence-electron chi connectivity index (χ1n) is 9.51. The molecule has 0 aromatic rings. The van der Waals surface area contributed by atoms with Crippen molar-refractivity contribution in [3.8, 4) is 0 Å². The summed E-state index contributed by atoms with van der Waals surface area (Å²) in [5.74, 6) is -0.327. The van der Waals surface area contributed by atoms with Crippen LogP contribution in [0, 0.1) is 5.41 Å². The zero-order valence-electron chi connectivity index (χ0n) is 19.5. The van der Waals surface area contributed by atoms with Gasteiger partial charge >= 0.3 is 12.1 Å². The van der Waals surface area contributed by atoms with Gasteiger partial charge in [0.15, 0.2) is 8.32 Å². The maximum absolute atomic E-state index is 12.3. The fraction of sp³-hybridized carbons (Fsp3) is 0.900. The normalized spacial score (nSPS) is 15.7. The van der Waals surface area contributed by atoms with Crippen molar-refractivity contribution in [2.45, 2.75) is 98.5 Å². The lowest BCUT2D eigenvalue weighted by atomic mass is 9.97. The van der Waals surface area contributed by atoms with E-state index in [-0.39, 0.29) is 24.2 Å². The average molecular weight is 404 g/mol. The van der Waals surface area contributed by atoms with Crippen LogP contribution in [0.1, 0.15) is 69.2 Å². The van der Waals surface area contributed by atoms with Gasteiger partial charge in [0.05, 0.1) is 17.6 Å². The Bertz CT molecular complexity index is 526. The van der Waals surface area contributed by atoms with E-state index in [2.05, 4.69) is 39.2 Å². The van der Waals surface area contributed by atoms with Crippen LogP contribution in [-0.2, 0) is 18.7 Å². The first-order valence-corrected chi connectivity index (χ1v) is 12.4. The standard InChI is InChI=1S/C20H41NO5Si/c1-17(2,3)15(22)24-13-20(10,21-16(23)26-18(4,5)6)14-25-27(11,12)19(7,8)9/h13-14H2,1-12H3,(H,21,23)/t20-/m0/s1. The third-order valence-electron chi connectivity index (χ3n) is 4.49. The molecule has 0 heterocycles. The molecule has 0 saturated heterocycles. The van der Waals surface area contributed by atoms with E-state index in [4.69, 9.17) is 13.9 Å². The summed E-state index contributed by atoms with van der Waals surface area (Å²) < 4.78 is 17.1. The van der Waals surface area contributed by atoms with Crippen molar-refractivity contribution in [1.29, 1.82) is 0 Å². The summed E-state index contributed by atoms with van der Waals surface area (Å²) in [5.41, 5.74) is -2.13. The van der Waals surface area contributed by atoms with E-state index in [1.165, 1.54) is 0 Å². The van der Waals surface area contributed by atoms with Gasteiger partial charge in [0, 0.05) is 0 Å². The van der Waals surface area contributed by atoms with Gasteiger partial charge in [-0.1, -0.05) is 20.8 Å². The average Bonchev–Trinajstić information content (AvgIpc) is 2.38. The minimum Gasteiger partial charge on any atom is -0.463 e. The minimum atomic E-state index is -2.04. The molecule has 0 rings (SSSR count). The lowest BCUT2D eigenvalue weighted by Crippen LogP contribution is -2.57. The van der Waals surface area contributed by atoms with Gasteiger partial charge in [-0.2, -0.15) is 0 Å². The number of carbonyl (C=O) groups excluding carboxylic acids is 2. The van der Waals surface area contributed by atoms with Crippen molar-refractivity contribution in [2.24, 2.45) is 5.41 Å². The third kappa shape index (κ3) is 9.60. The van der Waals surface area contributed by atoms with Crippen LogP contribution in [0.2, 0.25) is 18.1 Å². The highest BCUT2D eigenvalue weighted by Gasteiger charge is 2.41. The summed E-state index contributed by atoms with van der Waals surface area (Å²) in [6.07, 6.45) is -0.560. The highest BCUT2D eigenvalue weighted by molar-refractivity contribution is 6.74. The van der Waals surface area contributed by atoms with E-state index in [1.807, 2.05) is 0 Å². The van der Waals surface area contributed by atoms with E-state index in [9.17, 15) is 9.59 Å². The summed E-state index contributed by atoms with van der Waals surface area (Å²) in [5, 5.41) is 2.87. The van der Waals surface area contributed by atoms with Crippen molar-refractivity contribution in [1.82, 2.24) is 5.32 Å². The summed E-state index contributed by atoms with van der Waals surface area (Å²) >= 11 is 0. The topological polar surface area (TPSA) is 73.9 Å². The zero-order valence-corrected chi connectivity index (χ0v) is 20.5. The molecule has 1 amide bonds. The minimum absolute atomic E-state index is 0.0109. The molecular weight excluding hydrogens is 362 g/mol. The molecule has 0 unspecified atom stereocenters. The maximum Gasteiger partial charge on any atom is 0.408 e. The highest BCUT2D eigenvalue weighted by atomic mass is 28.4. The number of ether oxygens (including phenoxy) is 2. The molecule has 0 spiro atoms. The number of hydrogen-bond acceptors (Lipinski definition) is 5. The molecule has 6 nitrogen and oxygen atoms in total. The van der Waals surface area contributed by atoms with Gasteiger partial charge in [0.1, 0.15) is 12.2 Å². The Balaban J connectivity index is 5.30. The Morgan fingerprint density at radius 1 is 0.852 bits per heavy atom. The van der Waals surface area contributed by atoms with Gasteiger partial charge in [-0.15, -0.1) is 0 Å². The number of nitrogens with one attached hydrogen (secondary N) is 1. The molecule has 0 aliphatic rings. The molecule has 160 valence electrons. The number of esters is 1. The molecule has 0 bridgehead atoms. The Morgan fingerprint density at radius 2 is 1.33 bits per heavy atom. The summed E-state index contributed by atoms with van der Waals surface area (Å²) in [6, 6.07) is 0. The quantitative estimate of drug-likeness (QED) is 0.505. The Hall–Kier alpha value is -1.08. The van der Waals surface area contributed by atoms with Gasteiger partial charge < -0.3 is 19.2 Å². The second-order valence-electron chi connectivity index (χ2n) is 11.1. The SMILES string of the molecule is CC(C)(C)OC(=O)N[C@@](C)(COC(=O)C(C)(C)C)CO[Si](C)(C)C(C)(C)C. The monoisotopic (exact) mass is 403 g/mol. The molecule has 0 aromatic heterocycles. The smallest absolute Gasteiger partial charge is 0.408 e. The van der Waals surface area contributed by atoms with E-state index in [0.29, 0.717) is 0 Å². The molecule has 7 heteroatoms. The lowest BCUT2D eigenvalue weighted by Gasteiger charge is -2.40. The number of hydrogen-bond donors (Lipinski definition) is 1. The van der Waals surface area contributed by atoms with Gasteiger partial charge in [-0.25, -0.2) is 4.79 Å². The van der Waals surface area contributed by atoms with E-state index in [1.54, 1.807) is 48.5 Å². The molecule has 0 radical (unpaired) electrons. The number of alkyl carbamates (subject to hydrolysis) is 1. The highest BCUT2D eigenvalue weighted by Crippen LogP contribution is 2.37. The second-order valence-corrected chi connectivity index (χ2v) is 15.9. The Kier molecular flexibility index (Phi) is 8.17. The molecular formula is C20H41NO5Si. The van der Waals surface area contributed by atoms with Gasteiger partial charge in [-0.05, 0) is 66.6 Å². The largest absolute Gasteiger partial charge is 0.463 e. The van der Waals surface area contributed by atoms with Crippen LogP contribution in [-0.4, -0.2) is 44.7 Å². The summed E-state index contributed by atoms with van der Waals surface area (Å²) in [7, 11) is -2.04. The molecule has 0 aliphatic heterocycles. The van der Waals surface area contributed by atoms with Gasteiger partial charge in [0.2, 0.25) is 0 Å². The van der Waals surface area contributed by atoms with Crippen LogP contribution in [0.5, 0.6) is 0 Å². The van der Waals surface area contributed by atoms with E-state index in [0.717, 1.165) is 0 Å². The first kappa shape index (κ1) is 25.9. The number of amides is 1. The van der Waals surface area contributed by atoms with Crippen LogP contribution in [0.4, 0.5) is 4.79 Å². The summed E-state index contributed by atoms with van der Waals surface area (Å²) in [6.45, 7) is 23.6. The van der Waals surface area contributed by atoms with Crippen LogP contribution < -0.4 is 5.32 Å². The Labute approximate surface area is 166 Å². The third-order valence-corrected chi connectivity index (χ3v) is 8.97. The fourth-order valence-electron chi connectivity index (χ4n) is 1.66. The maximum atomic E-state index is 12.3. The zero-order chi connectivity index (χ0) is 21.9. The Morgan fingerprint density at radius 3 is 1.70 bits per heavy atom. The second kappa shape index (κ2) is 8.51. The molecule has 1 atom stereocenters. The molecule has 0 aromatic carbocycles. The van der Waals surface area contributed by atoms with Crippen LogP contribution in [0.15, 0.2) is 0 Å². The molecule has 0 saturated carbocycles. The van der Waals surface area contributed by atoms with Crippen LogP contribution in [0.3, 0.4) is 0 Å². The van der Waals surface area contributed by atoms with Crippen molar-refractivity contribution in [3.05, 3.63) is 0 Å². The molecule has 27 heavy (non-hydrogen) atoms. The molecule has 1 N–H and O–H groups in total. The molecule has 0 fully saturated rings. The lowest BCUT2D eigenvalue weighted by molar-refractivity contribution is -0.155. The van der Waals surface area contributed by atoms with Crippen LogP contribution >= 0.6 is 0 Å². The number of rotatable bonds is 6. The fourth-order valence-corrected chi connectivity index (χ4v) is 2.77. The van der Waals surface area contributed by atoms with Gasteiger partial charge in [0.25, 0.3) is 0 Å². The molecule has 0 aliphatic carbocycles. The predicted octanol–water partition coefficient (Wildman–Crippen LogP) is 4.88. The van der Waals surface area contributed by atoms with Gasteiger partial charge in [-0.3, -0.25) is 4.79 Å². The van der Waals surface area contributed by atoms with Crippen molar-refractivity contribution in [3.63, 3.8) is 0 Å². The van der Waals surface area contributed by atoms with E-state index < -0.39 is 31.0 Å². The first-order chi connectivity index (χ1) is 11.7. The van der Waals surface area contributed by atoms with Crippen molar-refractivity contribution < 1.29 is 23.5 Å². The summed E-state index contributed by atoms with van der Waals surface area (Å²) in [4.78, 5) is 24.5.